The first kappa shape index (κ1) is 22.0. The van der Waals surface area contributed by atoms with Gasteiger partial charge in [-0.15, -0.1) is 0 Å². The van der Waals surface area contributed by atoms with E-state index in [2.05, 4.69) is 107 Å². The fraction of sp³-hybridized carbons (Fsp3) is 0.0588. The van der Waals surface area contributed by atoms with Crippen LogP contribution >= 0.6 is 0 Å². The molecule has 0 saturated carbocycles. The molecule has 1 aliphatic heterocycles. The van der Waals surface area contributed by atoms with E-state index in [0.29, 0.717) is 0 Å². The Hall–Kier alpha value is -5.00. The van der Waals surface area contributed by atoms with Crippen LogP contribution in [0, 0.1) is 0 Å². The average molecular weight is 505 g/mol. The molecule has 2 unspecified atom stereocenters. The highest BCUT2D eigenvalue weighted by atomic mass is 16.3. The van der Waals surface area contributed by atoms with Crippen molar-refractivity contribution in [1.82, 2.24) is 15.6 Å². The molecule has 5 nitrogen and oxygen atoms in total. The van der Waals surface area contributed by atoms with Crippen molar-refractivity contribution in [3.63, 3.8) is 0 Å². The maximum absolute atomic E-state index is 6.16. The highest BCUT2D eigenvalue weighted by Crippen LogP contribution is 2.34. The van der Waals surface area contributed by atoms with Crippen LogP contribution in [0.15, 0.2) is 131 Å². The van der Waals surface area contributed by atoms with Gasteiger partial charge in [0.25, 0.3) is 0 Å². The van der Waals surface area contributed by atoms with E-state index < -0.39 is 0 Å². The van der Waals surface area contributed by atoms with E-state index in [-0.39, 0.29) is 12.3 Å². The summed E-state index contributed by atoms with van der Waals surface area (Å²) in [6.07, 6.45) is 3.24. The lowest BCUT2D eigenvalue weighted by Gasteiger charge is -2.32. The molecule has 0 fully saturated rings. The van der Waals surface area contributed by atoms with Gasteiger partial charge in [0, 0.05) is 28.7 Å². The minimum atomic E-state index is -0.242. The highest BCUT2D eigenvalue weighted by Gasteiger charge is 2.27. The molecule has 0 spiro atoms. The fourth-order valence-corrected chi connectivity index (χ4v) is 5.67. The van der Waals surface area contributed by atoms with Crippen molar-refractivity contribution in [1.29, 1.82) is 0 Å². The Morgan fingerprint density at radius 1 is 0.641 bits per heavy atom. The second-order valence-corrected chi connectivity index (χ2v) is 9.99. The Labute approximate surface area is 224 Å². The molecule has 2 aromatic heterocycles. The molecular weight excluding hydrogens is 480 g/mol. The van der Waals surface area contributed by atoms with E-state index in [4.69, 9.17) is 9.41 Å². The Balaban J connectivity index is 1.30. The first-order valence-corrected chi connectivity index (χ1v) is 13.1. The van der Waals surface area contributed by atoms with E-state index in [1.54, 1.807) is 6.20 Å². The van der Waals surface area contributed by atoms with E-state index in [1.807, 2.05) is 24.4 Å². The average Bonchev–Trinajstić information content (AvgIpc) is 3.39. The molecule has 39 heavy (non-hydrogen) atoms. The van der Waals surface area contributed by atoms with E-state index >= 15 is 0 Å². The van der Waals surface area contributed by atoms with E-state index in [1.165, 1.54) is 21.5 Å². The maximum atomic E-state index is 6.16. The summed E-state index contributed by atoms with van der Waals surface area (Å²) in [6, 6.07) is 38.1. The Kier molecular flexibility index (Phi) is 4.96. The normalized spacial score (nSPS) is 17.5. The number of amidine groups is 1. The Morgan fingerprint density at radius 3 is 2.15 bits per heavy atom. The lowest BCUT2D eigenvalue weighted by atomic mass is 10.0. The molecule has 8 rings (SSSR count). The standard InChI is InChI=1S/C34H24N4O/c1-3-8-23-18-25(14-12-21(23)6-1)32-36-33(26-15-13-22-7-2-4-9-24(22)19-26)38-34(37-32)27-10-5-11-30-31(27)28-20-35-17-16-29(28)39-30/h1-20,32-33,36H,(H,37,38). The van der Waals surface area contributed by atoms with Crippen molar-refractivity contribution in [3.05, 3.63) is 138 Å². The number of hydrogen-bond donors (Lipinski definition) is 2. The Bertz CT molecular complexity index is 2060. The third kappa shape index (κ3) is 3.75. The monoisotopic (exact) mass is 504 g/mol. The van der Waals surface area contributed by atoms with Crippen LogP contribution in [0.3, 0.4) is 0 Å². The van der Waals surface area contributed by atoms with Gasteiger partial charge in [-0.05, 0) is 56.9 Å². The lowest BCUT2D eigenvalue weighted by molar-refractivity contribution is 0.409. The predicted molar refractivity (Wildman–Crippen MR) is 158 cm³/mol. The number of aromatic nitrogens is 1. The van der Waals surface area contributed by atoms with Crippen LogP contribution < -0.4 is 10.6 Å². The first-order chi connectivity index (χ1) is 19.3. The number of rotatable bonds is 3. The second kappa shape index (κ2) is 8.79. The van der Waals surface area contributed by atoms with Gasteiger partial charge in [0.2, 0.25) is 0 Å². The van der Waals surface area contributed by atoms with Gasteiger partial charge in [-0.3, -0.25) is 10.3 Å². The SMILES string of the molecule is c1ccc2cc(C3N=C(c4cccc5oc6ccncc6c45)NC(c4ccc5ccccc5c4)N3)ccc2c1. The number of nitrogens with one attached hydrogen (secondary N) is 2. The summed E-state index contributed by atoms with van der Waals surface area (Å²) < 4.78 is 6.16. The Morgan fingerprint density at radius 2 is 1.36 bits per heavy atom. The summed E-state index contributed by atoms with van der Waals surface area (Å²) in [5.41, 5.74) is 4.90. The molecule has 0 bridgehead atoms. The first-order valence-electron chi connectivity index (χ1n) is 13.1. The largest absolute Gasteiger partial charge is 0.456 e. The van der Waals surface area contributed by atoms with Crippen LogP contribution in [-0.4, -0.2) is 10.8 Å². The van der Waals surface area contributed by atoms with Gasteiger partial charge in [-0.2, -0.15) is 0 Å². The van der Waals surface area contributed by atoms with Crippen molar-refractivity contribution in [2.45, 2.75) is 12.3 Å². The number of nitrogens with zero attached hydrogens (tertiary/aromatic N) is 2. The van der Waals surface area contributed by atoms with Gasteiger partial charge < -0.3 is 9.73 Å². The van der Waals surface area contributed by atoms with Gasteiger partial charge in [0.1, 0.15) is 29.3 Å². The smallest absolute Gasteiger partial charge is 0.138 e. The number of hydrogen-bond acceptors (Lipinski definition) is 5. The summed E-state index contributed by atoms with van der Waals surface area (Å²) in [5, 5.41) is 14.3. The quantitative estimate of drug-likeness (QED) is 0.260. The molecular formula is C34H24N4O. The number of pyridine rings is 1. The van der Waals surface area contributed by atoms with Gasteiger partial charge in [0.05, 0.1) is 0 Å². The van der Waals surface area contributed by atoms with Crippen LogP contribution in [-0.2, 0) is 0 Å². The maximum Gasteiger partial charge on any atom is 0.138 e. The lowest BCUT2D eigenvalue weighted by Crippen LogP contribution is -2.45. The molecule has 3 heterocycles. The molecule has 0 aliphatic carbocycles. The van der Waals surface area contributed by atoms with E-state index in [0.717, 1.165) is 44.5 Å². The van der Waals surface area contributed by atoms with E-state index in [9.17, 15) is 0 Å². The summed E-state index contributed by atoms with van der Waals surface area (Å²) in [5.74, 6) is 0.822. The van der Waals surface area contributed by atoms with Gasteiger partial charge in [-0.25, -0.2) is 4.99 Å². The van der Waals surface area contributed by atoms with Crippen LogP contribution in [0.2, 0.25) is 0 Å². The van der Waals surface area contributed by atoms with Crippen molar-refractivity contribution in [3.8, 4) is 0 Å². The van der Waals surface area contributed by atoms with Gasteiger partial charge in [0.15, 0.2) is 0 Å². The molecule has 2 N–H and O–H groups in total. The molecule has 5 heteroatoms. The molecule has 2 atom stereocenters. The zero-order valence-electron chi connectivity index (χ0n) is 21.0. The molecule has 186 valence electrons. The minimum Gasteiger partial charge on any atom is -0.456 e. The zero-order chi connectivity index (χ0) is 25.8. The third-order valence-corrected chi connectivity index (χ3v) is 7.61. The van der Waals surface area contributed by atoms with Crippen LogP contribution in [0.5, 0.6) is 0 Å². The molecule has 0 saturated heterocycles. The van der Waals surface area contributed by atoms with Crippen LogP contribution in [0.4, 0.5) is 0 Å². The van der Waals surface area contributed by atoms with Crippen LogP contribution in [0.1, 0.15) is 29.0 Å². The molecule has 5 aromatic carbocycles. The van der Waals surface area contributed by atoms with Crippen molar-refractivity contribution in [2.24, 2.45) is 4.99 Å². The molecule has 7 aromatic rings. The summed E-state index contributed by atoms with van der Waals surface area (Å²) >= 11 is 0. The highest BCUT2D eigenvalue weighted by molar-refractivity contribution is 6.17. The van der Waals surface area contributed by atoms with Crippen LogP contribution in [0.25, 0.3) is 43.5 Å². The fourth-order valence-electron chi connectivity index (χ4n) is 5.67. The number of furan rings is 1. The number of fused-ring (bicyclic) bond motifs is 5. The van der Waals surface area contributed by atoms with Crippen molar-refractivity contribution >= 4 is 49.3 Å². The third-order valence-electron chi connectivity index (χ3n) is 7.61. The molecule has 0 amide bonds. The van der Waals surface area contributed by atoms with Crippen molar-refractivity contribution in [2.75, 3.05) is 0 Å². The number of benzene rings is 5. The summed E-state index contributed by atoms with van der Waals surface area (Å²) in [7, 11) is 0. The van der Waals surface area contributed by atoms with Gasteiger partial charge >= 0.3 is 0 Å². The predicted octanol–water partition coefficient (Wildman–Crippen LogP) is 7.62. The number of aliphatic imine (C=N–C) groups is 1. The molecule has 1 aliphatic rings. The second-order valence-electron chi connectivity index (χ2n) is 9.99. The van der Waals surface area contributed by atoms with Gasteiger partial charge in [-0.1, -0.05) is 84.9 Å². The molecule has 0 radical (unpaired) electrons. The summed E-state index contributed by atoms with van der Waals surface area (Å²) in [6.45, 7) is 0. The topological polar surface area (TPSA) is 62.5 Å². The van der Waals surface area contributed by atoms with Crippen molar-refractivity contribution < 1.29 is 4.42 Å². The zero-order valence-corrected chi connectivity index (χ0v) is 21.0. The summed E-state index contributed by atoms with van der Waals surface area (Å²) in [4.78, 5) is 9.61. The minimum absolute atomic E-state index is 0.148.